The van der Waals surface area contributed by atoms with Crippen LogP contribution in [-0.4, -0.2) is 23.9 Å². The van der Waals surface area contributed by atoms with Gasteiger partial charge in [0.2, 0.25) is 0 Å². The molecule has 0 aromatic heterocycles. The lowest BCUT2D eigenvalue weighted by Crippen LogP contribution is -2.53. The van der Waals surface area contributed by atoms with Crippen LogP contribution in [0, 0.1) is 15.5 Å². The number of ketones is 1. The number of ether oxygens (including phenoxy) is 2. The zero-order valence-electron chi connectivity index (χ0n) is 11.0. The molecule has 0 bridgehead atoms. The van der Waals surface area contributed by atoms with Gasteiger partial charge in [-0.3, -0.25) is 14.9 Å². The lowest BCUT2D eigenvalue weighted by molar-refractivity contribution is -0.386. The molecule has 0 saturated heterocycles. The van der Waals surface area contributed by atoms with Crippen molar-refractivity contribution in [2.45, 2.75) is 26.4 Å². The van der Waals surface area contributed by atoms with E-state index in [2.05, 4.69) is 0 Å². The summed E-state index contributed by atoms with van der Waals surface area (Å²) in [6.45, 7) is 3.55. The molecule has 1 saturated carbocycles. The van der Waals surface area contributed by atoms with Gasteiger partial charge in [-0.15, -0.1) is 0 Å². The van der Waals surface area contributed by atoms with Crippen molar-refractivity contribution < 1.29 is 19.2 Å². The molecule has 1 fully saturated rings. The maximum Gasteiger partial charge on any atom is 0.314 e. The van der Waals surface area contributed by atoms with Crippen molar-refractivity contribution >= 4 is 11.5 Å². The Labute approximate surface area is 110 Å². The summed E-state index contributed by atoms with van der Waals surface area (Å²) >= 11 is 0. The van der Waals surface area contributed by atoms with E-state index in [0.29, 0.717) is 5.75 Å². The van der Waals surface area contributed by atoms with E-state index in [1.165, 1.54) is 19.2 Å². The minimum Gasteiger partial charge on any atom is -0.496 e. The van der Waals surface area contributed by atoms with Gasteiger partial charge in [-0.05, 0) is 26.0 Å². The molecule has 0 spiro atoms. The van der Waals surface area contributed by atoms with Crippen molar-refractivity contribution in [3.8, 4) is 11.5 Å². The fraction of sp³-hybridized carbons (Fsp3) is 0.462. The quantitative estimate of drug-likeness (QED) is 0.616. The normalized spacial score (nSPS) is 20.6. The second-order valence-corrected chi connectivity index (χ2v) is 5.05. The summed E-state index contributed by atoms with van der Waals surface area (Å²) in [5.41, 5.74) is -0.747. The van der Waals surface area contributed by atoms with Crippen molar-refractivity contribution in [3.05, 3.63) is 28.3 Å². The Bertz CT molecular complexity index is 538. The first-order valence-electron chi connectivity index (χ1n) is 5.88. The number of hydrogen-bond acceptors (Lipinski definition) is 5. The topological polar surface area (TPSA) is 78.7 Å². The summed E-state index contributed by atoms with van der Waals surface area (Å²) in [5.74, 6) is 0.660. The van der Waals surface area contributed by atoms with E-state index in [1.807, 2.05) is 0 Å². The van der Waals surface area contributed by atoms with E-state index in [1.54, 1.807) is 19.9 Å². The lowest BCUT2D eigenvalue weighted by Gasteiger charge is -2.41. The number of hydrogen-bond donors (Lipinski definition) is 0. The van der Waals surface area contributed by atoms with E-state index < -0.39 is 10.3 Å². The molecule has 0 radical (unpaired) electrons. The standard InChI is InChI=1S/C13H15NO5/c1-13(2)11(15)7-12(13)19-10-5-4-8(18-3)6-9(10)14(16)17/h4-6,12H,7H2,1-3H3. The van der Waals surface area contributed by atoms with Crippen molar-refractivity contribution in [3.63, 3.8) is 0 Å². The average molecular weight is 265 g/mol. The molecule has 1 atom stereocenters. The number of methoxy groups -OCH3 is 1. The Kier molecular flexibility index (Phi) is 3.18. The lowest BCUT2D eigenvalue weighted by atomic mass is 9.68. The molecule has 6 heteroatoms. The third kappa shape index (κ3) is 2.25. The van der Waals surface area contributed by atoms with Gasteiger partial charge in [-0.25, -0.2) is 0 Å². The monoisotopic (exact) mass is 265 g/mol. The summed E-state index contributed by atoms with van der Waals surface area (Å²) in [4.78, 5) is 21.9. The molecule has 6 nitrogen and oxygen atoms in total. The predicted octanol–water partition coefficient (Wildman–Crippen LogP) is 2.35. The van der Waals surface area contributed by atoms with Gasteiger partial charge in [0.1, 0.15) is 17.6 Å². The van der Waals surface area contributed by atoms with Crippen LogP contribution < -0.4 is 9.47 Å². The van der Waals surface area contributed by atoms with Crippen LogP contribution in [0.2, 0.25) is 0 Å². The highest BCUT2D eigenvalue weighted by Gasteiger charge is 2.49. The molecular weight excluding hydrogens is 250 g/mol. The van der Waals surface area contributed by atoms with Gasteiger partial charge >= 0.3 is 5.69 Å². The number of carbonyl (C=O) groups is 1. The van der Waals surface area contributed by atoms with Crippen LogP contribution in [-0.2, 0) is 4.79 Å². The highest BCUT2D eigenvalue weighted by atomic mass is 16.6. The van der Waals surface area contributed by atoms with Crippen LogP contribution >= 0.6 is 0 Å². The van der Waals surface area contributed by atoms with Gasteiger partial charge in [-0.2, -0.15) is 0 Å². The Morgan fingerprint density at radius 2 is 2.11 bits per heavy atom. The first kappa shape index (κ1) is 13.3. The van der Waals surface area contributed by atoms with Gasteiger partial charge < -0.3 is 9.47 Å². The third-order valence-corrected chi connectivity index (χ3v) is 3.53. The fourth-order valence-corrected chi connectivity index (χ4v) is 1.94. The summed E-state index contributed by atoms with van der Waals surface area (Å²) in [7, 11) is 1.44. The first-order chi connectivity index (χ1) is 8.86. The van der Waals surface area contributed by atoms with Crippen molar-refractivity contribution in [1.82, 2.24) is 0 Å². The first-order valence-corrected chi connectivity index (χ1v) is 5.88. The van der Waals surface area contributed by atoms with Crippen molar-refractivity contribution in [2.24, 2.45) is 5.41 Å². The van der Waals surface area contributed by atoms with E-state index in [-0.39, 0.29) is 29.7 Å². The van der Waals surface area contributed by atoms with E-state index in [9.17, 15) is 14.9 Å². The number of benzene rings is 1. The Hall–Kier alpha value is -2.11. The maximum absolute atomic E-state index is 11.4. The highest BCUT2D eigenvalue weighted by molar-refractivity contribution is 5.91. The van der Waals surface area contributed by atoms with Crippen molar-refractivity contribution in [1.29, 1.82) is 0 Å². The van der Waals surface area contributed by atoms with Crippen molar-refractivity contribution in [2.75, 3.05) is 7.11 Å². The van der Waals surface area contributed by atoms with Crippen LogP contribution in [0.25, 0.3) is 0 Å². The molecule has 0 heterocycles. The fourth-order valence-electron chi connectivity index (χ4n) is 1.94. The third-order valence-electron chi connectivity index (χ3n) is 3.53. The molecule has 1 aliphatic rings. The van der Waals surface area contributed by atoms with Crippen LogP contribution in [0.4, 0.5) is 5.69 Å². The Morgan fingerprint density at radius 3 is 2.58 bits per heavy atom. The number of Topliss-reactive ketones (excluding diaryl/α,β-unsaturated/α-hetero) is 1. The van der Waals surface area contributed by atoms with Crippen LogP contribution in [0.5, 0.6) is 11.5 Å². The van der Waals surface area contributed by atoms with Crippen LogP contribution in [0.1, 0.15) is 20.3 Å². The molecule has 0 N–H and O–H groups in total. The molecule has 0 amide bonds. The molecule has 1 aromatic carbocycles. The smallest absolute Gasteiger partial charge is 0.314 e. The number of nitro benzene ring substituents is 1. The molecule has 1 aromatic rings. The van der Waals surface area contributed by atoms with Gasteiger partial charge in [0.05, 0.1) is 23.5 Å². The molecular formula is C13H15NO5. The second kappa shape index (κ2) is 4.53. The van der Waals surface area contributed by atoms with Gasteiger partial charge in [-0.1, -0.05) is 0 Å². The van der Waals surface area contributed by atoms with E-state index >= 15 is 0 Å². The maximum atomic E-state index is 11.4. The molecule has 1 unspecified atom stereocenters. The minimum atomic E-state index is -0.589. The molecule has 1 aliphatic carbocycles. The zero-order chi connectivity index (χ0) is 14.2. The number of nitro groups is 1. The summed E-state index contributed by atoms with van der Waals surface area (Å²) < 4.78 is 10.6. The summed E-state index contributed by atoms with van der Waals surface area (Å²) in [5, 5.41) is 11.0. The summed E-state index contributed by atoms with van der Waals surface area (Å²) in [6, 6.07) is 4.40. The Balaban J connectivity index is 2.26. The number of nitrogens with zero attached hydrogens (tertiary/aromatic N) is 1. The molecule has 2 rings (SSSR count). The van der Waals surface area contributed by atoms with E-state index in [0.717, 1.165) is 0 Å². The molecule has 102 valence electrons. The second-order valence-electron chi connectivity index (χ2n) is 5.05. The van der Waals surface area contributed by atoms with Crippen LogP contribution in [0.15, 0.2) is 18.2 Å². The largest absolute Gasteiger partial charge is 0.496 e. The number of rotatable bonds is 4. The van der Waals surface area contributed by atoms with Crippen LogP contribution in [0.3, 0.4) is 0 Å². The van der Waals surface area contributed by atoms with Gasteiger partial charge in [0.25, 0.3) is 0 Å². The van der Waals surface area contributed by atoms with E-state index in [4.69, 9.17) is 9.47 Å². The van der Waals surface area contributed by atoms with Gasteiger partial charge in [0, 0.05) is 6.42 Å². The molecule has 0 aliphatic heterocycles. The Morgan fingerprint density at radius 1 is 1.42 bits per heavy atom. The predicted molar refractivity (Wildman–Crippen MR) is 67.5 cm³/mol. The van der Waals surface area contributed by atoms with Gasteiger partial charge in [0.15, 0.2) is 5.75 Å². The summed E-state index contributed by atoms with van der Waals surface area (Å²) in [6.07, 6.45) is -0.0389. The minimum absolute atomic E-state index is 0.105. The average Bonchev–Trinajstić information content (AvgIpc) is 2.38. The highest BCUT2D eigenvalue weighted by Crippen LogP contribution is 2.41. The molecule has 19 heavy (non-hydrogen) atoms. The number of carbonyl (C=O) groups excluding carboxylic acids is 1. The SMILES string of the molecule is COc1ccc(OC2CC(=O)C2(C)C)c([N+](=O)[O-])c1. The zero-order valence-corrected chi connectivity index (χ0v) is 11.0.